The lowest BCUT2D eigenvalue weighted by Crippen LogP contribution is -2.20. The first-order chi connectivity index (χ1) is 14.5. The van der Waals surface area contributed by atoms with Gasteiger partial charge in [-0.05, 0) is 55.5 Å². The molecule has 0 bridgehead atoms. The molecule has 0 heterocycles. The lowest BCUT2D eigenvalue weighted by molar-refractivity contribution is -0.118. The van der Waals surface area contributed by atoms with E-state index in [2.05, 4.69) is 5.32 Å². The lowest BCUT2D eigenvalue weighted by Gasteiger charge is -2.14. The van der Waals surface area contributed by atoms with Crippen molar-refractivity contribution in [2.24, 2.45) is 0 Å². The minimum absolute atomic E-state index is 0.0931. The summed E-state index contributed by atoms with van der Waals surface area (Å²) in [6.45, 7) is 1.19. The Kier molecular flexibility index (Phi) is 6.93. The average Bonchev–Trinajstić information content (AvgIpc) is 2.74. The number of ether oxygens (including phenoxy) is 3. The van der Waals surface area contributed by atoms with Gasteiger partial charge in [-0.1, -0.05) is 29.8 Å². The average molecular weight is 426 g/mol. The van der Waals surface area contributed by atoms with E-state index in [0.717, 1.165) is 0 Å². The van der Waals surface area contributed by atoms with Gasteiger partial charge in [-0.3, -0.25) is 9.59 Å². The zero-order valence-corrected chi connectivity index (χ0v) is 17.2. The maximum Gasteiger partial charge on any atom is 0.262 e. The van der Waals surface area contributed by atoms with Gasteiger partial charge in [0.15, 0.2) is 29.6 Å². The Morgan fingerprint density at radius 2 is 1.67 bits per heavy atom. The molecular weight excluding hydrogens is 406 g/mol. The highest BCUT2D eigenvalue weighted by Crippen LogP contribution is 2.32. The van der Waals surface area contributed by atoms with Crippen molar-refractivity contribution in [1.82, 2.24) is 0 Å². The van der Waals surface area contributed by atoms with E-state index in [9.17, 15) is 9.59 Å². The van der Waals surface area contributed by atoms with Crippen molar-refractivity contribution in [3.05, 3.63) is 77.3 Å². The first-order valence-electron chi connectivity index (χ1n) is 9.10. The van der Waals surface area contributed by atoms with Crippen molar-refractivity contribution in [3.63, 3.8) is 0 Å². The van der Waals surface area contributed by atoms with Crippen LogP contribution in [-0.4, -0.2) is 25.4 Å². The summed E-state index contributed by atoms with van der Waals surface area (Å²) in [7, 11) is 1.46. The Morgan fingerprint density at radius 1 is 0.933 bits per heavy atom. The van der Waals surface area contributed by atoms with E-state index in [1.54, 1.807) is 48.5 Å². The second-order valence-electron chi connectivity index (χ2n) is 6.31. The number of carbonyl (C=O) groups is 2. The number of Topliss-reactive ketones (excluding diaryl/α,β-unsaturated/α-hetero) is 1. The molecule has 0 aliphatic heterocycles. The second kappa shape index (κ2) is 9.80. The van der Waals surface area contributed by atoms with E-state index in [1.807, 2.05) is 18.2 Å². The van der Waals surface area contributed by atoms with Crippen molar-refractivity contribution < 1.29 is 23.8 Å². The summed E-state index contributed by atoms with van der Waals surface area (Å²) in [6, 6.07) is 18.9. The molecular formula is C23H20ClNO5. The van der Waals surface area contributed by atoms with E-state index in [0.29, 0.717) is 39.3 Å². The first kappa shape index (κ1) is 21.2. The fourth-order valence-corrected chi connectivity index (χ4v) is 2.81. The van der Waals surface area contributed by atoms with Crippen molar-refractivity contribution in [2.45, 2.75) is 6.92 Å². The van der Waals surface area contributed by atoms with Gasteiger partial charge in [0, 0.05) is 10.6 Å². The van der Waals surface area contributed by atoms with Gasteiger partial charge in [-0.2, -0.15) is 0 Å². The Morgan fingerprint density at radius 3 is 2.37 bits per heavy atom. The third-order valence-electron chi connectivity index (χ3n) is 4.12. The van der Waals surface area contributed by atoms with Gasteiger partial charge in [0.05, 0.1) is 12.8 Å². The zero-order chi connectivity index (χ0) is 21.5. The molecule has 154 valence electrons. The van der Waals surface area contributed by atoms with E-state index >= 15 is 0 Å². The third kappa shape index (κ3) is 5.52. The molecule has 3 aromatic rings. The zero-order valence-electron chi connectivity index (χ0n) is 16.5. The van der Waals surface area contributed by atoms with Crippen LogP contribution in [0.25, 0.3) is 0 Å². The molecule has 0 aliphatic rings. The number of para-hydroxylation sites is 1. The highest BCUT2D eigenvalue weighted by molar-refractivity contribution is 6.31. The molecule has 7 heteroatoms. The van der Waals surface area contributed by atoms with Crippen LogP contribution in [0.2, 0.25) is 5.02 Å². The van der Waals surface area contributed by atoms with Gasteiger partial charge >= 0.3 is 0 Å². The number of rotatable bonds is 8. The summed E-state index contributed by atoms with van der Waals surface area (Å²) in [4.78, 5) is 23.9. The van der Waals surface area contributed by atoms with Crippen LogP contribution >= 0.6 is 11.6 Å². The maximum atomic E-state index is 12.4. The van der Waals surface area contributed by atoms with E-state index in [1.165, 1.54) is 14.0 Å². The molecule has 30 heavy (non-hydrogen) atoms. The standard InChI is InChI=1S/C23H20ClNO5/c1-15(26)16-8-10-21(22(12-16)28-2)29-14-23(27)25-19-13-17(24)9-11-20(19)30-18-6-4-3-5-7-18/h3-13H,14H2,1-2H3,(H,25,27). The summed E-state index contributed by atoms with van der Waals surface area (Å²) in [5.41, 5.74) is 0.907. The Hall–Kier alpha value is -3.51. The molecule has 0 radical (unpaired) electrons. The van der Waals surface area contributed by atoms with Crippen LogP contribution < -0.4 is 19.5 Å². The highest BCUT2D eigenvalue weighted by atomic mass is 35.5. The van der Waals surface area contributed by atoms with E-state index < -0.39 is 5.91 Å². The monoisotopic (exact) mass is 425 g/mol. The number of benzene rings is 3. The molecule has 0 aliphatic carbocycles. The summed E-state index contributed by atoms with van der Waals surface area (Å²) >= 11 is 6.07. The molecule has 0 fully saturated rings. The Bertz CT molecular complexity index is 1050. The number of carbonyl (C=O) groups excluding carboxylic acids is 2. The molecule has 0 saturated carbocycles. The topological polar surface area (TPSA) is 73.9 Å². The lowest BCUT2D eigenvalue weighted by atomic mass is 10.1. The molecule has 0 unspecified atom stereocenters. The van der Waals surface area contributed by atoms with Crippen molar-refractivity contribution in [3.8, 4) is 23.0 Å². The Labute approximate surface area is 179 Å². The van der Waals surface area contributed by atoms with Crippen LogP contribution in [0, 0.1) is 0 Å². The Balaban J connectivity index is 1.69. The second-order valence-corrected chi connectivity index (χ2v) is 6.75. The van der Waals surface area contributed by atoms with Crippen molar-refractivity contribution in [2.75, 3.05) is 19.0 Å². The number of anilines is 1. The predicted molar refractivity (Wildman–Crippen MR) is 115 cm³/mol. The fourth-order valence-electron chi connectivity index (χ4n) is 2.64. The van der Waals surface area contributed by atoms with E-state index in [4.69, 9.17) is 25.8 Å². The molecule has 3 aromatic carbocycles. The molecule has 0 atom stereocenters. The SMILES string of the molecule is COc1cc(C(C)=O)ccc1OCC(=O)Nc1cc(Cl)ccc1Oc1ccccc1. The minimum Gasteiger partial charge on any atom is -0.493 e. The molecule has 3 rings (SSSR count). The van der Waals surface area contributed by atoms with E-state index in [-0.39, 0.29) is 12.4 Å². The van der Waals surface area contributed by atoms with Crippen LogP contribution in [0.15, 0.2) is 66.7 Å². The molecule has 0 saturated heterocycles. The van der Waals surface area contributed by atoms with Crippen LogP contribution in [0.1, 0.15) is 17.3 Å². The summed E-state index contributed by atoms with van der Waals surface area (Å²) in [6.07, 6.45) is 0. The number of nitrogens with one attached hydrogen (secondary N) is 1. The van der Waals surface area contributed by atoms with Gasteiger partial charge < -0.3 is 19.5 Å². The van der Waals surface area contributed by atoms with Crippen LogP contribution in [0.3, 0.4) is 0 Å². The van der Waals surface area contributed by atoms with Gasteiger partial charge in [0.2, 0.25) is 0 Å². The third-order valence-corrected chi connectivity index (χ3v) is 4.35. The van der Waals surface area contributed by atoms with Crippen molar-refractivity contribution >= 4 is 29.0 Å². The molecule has 0 spiro atoms. The summed E-state index contributed by atoms with van der Waals surface area (Å²) in [5, 5.41) is 3.19. The number of hydrogen-bond acceptors (Lipinski definition) is 5. The normalized spacial score (nSPS) is 10.2. The number of methoxy groups -OCH3 is 1. The molecule has 0 aromatic heterocycles. The maximum absolute atomic E-state index is 12.4. The van der Waals surface area contributed by atoms with Gasteiger partial charge in [0.1, 0.15) is 5.75 Å². The highest BCUT2D eigenvalue weighted by Gasteiger charge is 2.13. The number of halogens is 1. The smallest absolute Gasteiger partial charge is 0.262 e. The van der Waals surface area contributed by atoms with Gasteiger partial charge in [0.25, 0.3) is 5.91 Å². The van der Waals surface area contributed by atoms with Crippen LogP contribution in [-0.2, 0) is 4.79 Å². The number of hydrogen-bond donors (Lipinski definition) is 1. The molecule has 1 N–H and O–H groups in total. The minimum atomic E-state index is -0.409. The fraction of sp³-hybridized carbons (Fsp3) is 0.130. The molecule has 6 nitrogen and oxygen atoms in total. The largest absolute Gasteiger partial charge is 0.493 e. The quantitative estimate of drug-likeness (QED) is 0.492. The van der Waals surface area contributed by atoms with Crippen LogP contribution in [0.4, 0.5) is 5.69 Å². The first-order valence-corrected chi connectivity index (χ1v) is 9.48. The predicted octanol–water partition coefficient (Wildman–Crippen LogP) is 5.36. The summed E-state index contributed by atoms with van der Waals surface area (Å²) < 4.78 is 16.6. The van der Waals surface area contributed by atoms with Gasteiger partial charge in [-0.15, -0.1) is 0 Å². The number of amides is 1. The number of ketones is 1. The van der Waals surface area contributed by atoms with Crippen molar-refractivity contribution in [1.29, 1.82) is 0 Å². The summed E-state index contributed by atoms with van der Waals surface area (Å²) in [5.74, 6) is 1.29. The molecule has 1 amide bonds. The van der Waals surface area contributed by atoms with Gasteiger partial charge in [-0.25, -0.2) is 0 Å². The van der Waals surface area contributed by atoms with Crippen LogP contribution in [0.5, 0.6) is 23.0 Å².